The number of nitrogens with zero attached hydrogens (tertiary/aromatic N) is 4. The molecule has 0 atom stereocenters. The molecule has 0 N–H and O–H groups in total. The van der Waals surface area contributed by atoms with E-state index in [9.17, 15) is 0 Å². The molecule has 4 nitrogen and oxygen atoms in total. The Morgan fingerprint density at radius 3 is 1.02 bits per heavy atom. The summed E-state index contributed by atoms with van der Waals surface area (Å²) in [5.74, 6) is 0. The molecule has 216 valence electrons. The van der Waals surface area contributed by atoms with Gasteiger partial charge in [0.25, 0.3) is 0 Å². The van der Waals surface area contributed by atoms with Gasteiger partial charge in [-0.15, -0.1) is 0 Å². The summed E-state index contributed by atoms with van der Waals surface area (Å²) < 4.78 is 0. The first-order valence-electron chi connectivity index (χ1n) is 15.3. The smallest absolute Gasteiger partial charge is 0.0979 e. The highest BCUT2D eigenvalue weighted by atomic mass is 14.8. The van der Waals surface area contributed by atoms with Crippen LogP contribution >= 0.6 is 0 Å². The topological polar surface area (TPSA) is 51.6 Å². The zero-order chi connectivity index (χ0) is 30.7. The van der Waals surface area contributed by atoms with E-state index >= 15 is 0 Å². The third kappa shape index (κ3) is 5.23. The predicted molar refractivity (Wildman–Crippen MR) is 188 cm³/mol. The van der Waals surface area contributed by atoms with Crippen LogP contribution in [0.15, 0.2) is 170 Å². The SMILES string of the molecule is c1ccc(-c2ccc(-c3ccccc3)c3nc(-c4ccc(-c5cccnc5)cc4)c(-c4ccc(-c5cccnc5)cc4)nc23)cc1. The number of rotatable bonds is 6. The number of benzene rings is 5. The molecule has 0 aliphatic rings. The van der Waals surface area contributed by atoms with Gasteiger partial charge in [-0.1, -0.05) is 133 Å². The third-order valence-corrected chi connectivity index (χ3v) is 8.30. The van der Waals surface area contributed by atoms with Gasteiger partial charge in [0.05, 0.1) is 22.4 Å². The highest BCUT2D eigenvalue weighted by Crippen LogP contribution is 2.39. The van der Waals surface area contributed by atoms with E-state index in [0.29, 0.717) is 0 Å². The lowest BCUT2D eigenvalue weighted by Gasteiger charge is -2.16. The normalized spacial score (nSPS) is 11.0. The summed E-state index contributed by atoms with van der Waals surface area (Å²) in [4.78, 5) is 19.6. The van der Waals surface area contributed by atoms with E-state index in [0.717, 1.165) is 78.1 Å². The molecule has 0 aliphatic heterocycles. The van der Waals surface area contributed by atoms with Gasteiger partial charge in [0, 0.05) is 47.0 Å². The molecule has 0 radical (unpaired) electrons. The maximum Gasteiger partial charge on any atom is 0.0979 e. The van der Waals surface area contributed by atoms with Gasteiger partial charge in [-0.2, -0.15) is 0 Å². The second-order valence-electron chi connectivity index (χ2n) is 11.1. The third-order valence-electron chi connectivity index (χ3n) is 8.30. The van der Waals surface area contributed by atoms with Crippen molar-refractivity contribution < 1.29 is 0 Å². The fourth-order valence-corrected chi connectivity index (χ4v) is 5.95. The van der Waals surface area contributed by atoms with Gasteiger partial charge in [-0.3, -0.25) is 9.97 Å². The predicted octanol–water partition coefficient (Wildman–Crippen LogP) is 10.4. The number of hydrogen-bond donors (Lipinski definition) is 0. The van der Waals surface area contributed by atoms with Crippen LogP contribution in [0.25, 0.3) is 78.1 Å². The summed E-state index contributed by atoms with van der Waals surface area (Å²) in [5, 5.41) is 0. The Kier molecular flexibility index (Phi) is 7.14. The van der Waals surface area contributed by atoms with Crippen LogP contribution in [0.5, 0.6) is 0 Å². The van der Waals surface area contributed by atoms with Crippen LogP contribution in [0, 0.1) is 0 Å². The number of aromatic nitrogens is 4. The van der Waals surface area contributed by atoms with E-state index in [1.54, 1.807) is 12.4 Å². The summed E-state index contributed by atoms with van der Waals surface area (Å²) in [6, 6.07) is 50.3. The van der Waals surface area contributed by atoms with Crippen LogP contribution in [0.4, 0.5) is 0 Å². The van der Waals surface area contributed by atoms with Gasteiger partial charge in [0.2, 0.25) is 0 Å². The van der Waals surface area contributed by atoms with Crippen molar-refractivity contribution in [1.29, 1.82) is 0 Å². The van der Waals surface area contributed by atoms with Gasteiger partial charge < -0.3 is 0 Å². The first-order chi connectivity index (χ1) is 22.8. The van der Waals surface area contributed by atoms with Gasteiger partial charge in [0.15, 0.2) is 0 Å². The Hall–Kier alpha value is -6.26. The lowest BCUT2D eigenvalue weighted by atomic mass is 9.95. The van der Waals surface area contributed by atoms with Gasteiger partial charge in [-0.25, -0.2) is 9.97 Å². The minimum Gasteiger partial charge on any atom is -0.264 e. The molecule has 0 aliphatic carbocycles. The zero-order valence-electron chi connectivity index (χ0n) is 25.0. The monoisotopic (exact) mass is 588 g/mol. The lowest BCUT2D eigenvalue weighted by Crippen LogP contribution is -1.99. The van der Waals surface area contributed by atoms with Crippen LogP contribution in [0.1, 0.15) is 0 Å². The molecule has 5 aromatic carbocycles. The van der Waals surface area contributed by atoms with E-state index in [4.69, 9.17) is 9.97 Å². The van der Waals surface area contributed by atoms with Crippen molar-refractivity contribution in [1.82, 2.24) is 19.9 Å². The first kappa shape index (κ1) is 27.3. The second kappa shape index (κ2) is 12.0. The molecule has 3 aromatic heterocycles. The van der Waals surface area contributed by atoms with E-state index in [1.807, 2.05) is 36.7 Å². The van der Waals surface area contributed by atoms with Crippen molar-refractivity contribution >= 4 is 11.0 Å². The van der Waals surface area contributed by atoms with Crippen LogP contribution in [0.2, 0.25) is 0 Å². The zero-order valence-corrected chi connectivity index (χ0v) is 25.0. The number of hydrogen-bond acceptors (Lipinski definition) is 4. The van der Waals surface area contributed by atoms with E-state index in [2.05, 4.69) is 131 Å². The summed E-state index contributed by atoms with van der Waals surface area (Å²) in [7, 11) is 0. The molecule has 0 saturated heterocycles. The maximum absolute atomic E-state index is 5.48. The molecular weight excluding hydrogens is 560 g/mol. The molecule has 0 fully saturated rings. The Morgan fingerprint density at radius 1 is 0.283 bits per heavy atom. The Morgan fingerprint density at radius 2 is 0.652 bits per heavy atom. The van der Waals surface area contributed by atoms with Crippen molar-refractivity contribution in [3.63, 3.8) is 0 Å². The van der Waals surface area contributed by atoms with Crippen LogP contribution in [-0.4, -0.2) is 19.9 Å². The molecular formula is C42H28N4. The van der Waals surface area contributed by atoms with Gasteiger partial charge in [-0.05, 0) is 45.5 Å². The van der Waals surface area contributed by atoms with Crippen molar-refractivity contribution in [3.05, 3.63) is 170 Å². The minimum absolute atomic E-state index is 0.835. The van der Waals surface area contributed by atoms with E-state index in [-0.39, 0.29) is 0 Å². The lowest BCUT2D eigenvalue weighted by molar-refractivity contribution is 1.29. The van der Waals surface area contributed by atoms with Crippen molar-refractivity contribution in [2.45, 2.75) is 0 Å². The maximum atomic E-state index is 5.48. The molecule has 0 amide bonds. The summed E-state index contributed by atoms with van der Waals surface area (Å²) in [5.41, 5.74) is 14.1. The second-order valence-corrected chi connectivity index (χ2v) is 11.1. The largest absolute Gasteiger partial charge is 0.264 e. The molecule has 0 saturated carbocycles. The highest BCUT2D eigenvalue weighted by molar-refractivity contribution is 6.03. The fraction of sp³-hybridized carbons (Fsp3) is 0. The average molecular weight is 589 g/mol. The van der Waals surface area contributed by atoms with E-state index < -0.39 is 0 Å². The average Bonchev–Trinajstić information content (AvgIpc) is 3.15. The Balaban J connectivity index is 1.37. The summed E-state index contributed by atoms with van der Waals surface area (Å²) in [6.45, 7) is 0. The van der Waals surface area contributed by atoms with Crippen LogP contribution < -0.4 is 0 Å². The molecule has 3 heterocycles. The molecule has 8 aromatic rings. The van der Waals surface area contributed by atoms with Crippen LogP contribution in [-0.2, 0) is 0 Å². The van der Waals surface area contributed by atoms with Gasteiger partial charge in [0.1, 0.15) is 0 Å². The molecule has 8 rings (SSSR count). The summed E-state index contributed by atoms with van der Waals surface area (Å²) in [6.07, 6.45) is 7.36. The van der Waals surface area contributed by atoms with Gasteiger partial charge >= 0.3 is 0 Å². The minimum atomic E-state index is 0.835. The number of pyridine rings is 2. The Labute approximate surface area is 267 Å². The van der Waals surface area contributed by atoms with Crippen molar-refractivity contribution in [2.75, 3.05) is 0 Å². The van der Waals surface area contributed by atoms with Crippen molar-refractivity contribution in [3.8, 4) is 67.0 Å². The van der Waals surface area contributed by atoms with Crippen LogP contribution in [0.3, 0.4) is 0 Å². The molecule has 0 unspecified atom stereocenters. The molecule has 0 spiro atoms. The fourth-order valence-electron chi connectivity index (χ4n) is 5.95. The van der Waals surface area contributed by atoms with E-state index in [1.165, 1.54) is 0 Å². The number of fused-ring (bicyclic) bond motifs is 1. The highest BCUT2D eigenvalue weighted by Gasteiger charge is 2.19. The molecule has 46 heavy (non-hydrogen) atoms. The molecule has 4 heteroatoms. The standard InChI is InChI=1S/C42H28N4/c1-3-9-31(10-4-1)37-23-24-38(32-11-5-2-6-12-32)42-41(37)45-39(33-19-15-29(16-20-33)35-13-7-25-43-27-35)40(46-42)34-21-17-30(18-22-34)36-14-8-26-44-28-36/h1-28H. The summed E-state index contributed by atoms with van der Waals surface area (Å²) >= 11 is 0. The molecule has 0 bridgehead atoms. The quantitative estimate of drug-likeness (QED) is 0.194. The first-order valence-corrected chi connectivity index (χ1v) is 15.3. The van der Waals surface area contributed by atoms with Crippen molar-refractivity contribution in [2.24, 2.45) is 0 Å². The Bertz CT molecular complexity index is 2090.